The van der Waals surface area contributed by atoms with Gasteiger partial charge in [-0.3, -0.25) is 14.5 Å². The minimum Gasteiger partial charge on any atom is -0.484 e. The Morgan fingerprint density at radius 1 is 1.03 bits per heavy atom. The SMILES string of the molecule is Cc1ccc(OCC(=O)N2CCC(c3ccc(N(C(=O)C4CNC4)c4cccnn4)cc3)CC2)cc1. The summed E-state index contributed by atoms with van der Waals surface area (Å²) in [5, 5.41) is 11.3. The molecule has 0 radical (unpaired) electrons. The first-order valence-electron chi connectivity index (χ1n) is 12.5. The van der Waals surface area contributed by atoms with Crippen molar-refractivity contribution in [2.45, 2.75) is 25.7 Å². The summed E-state index contributed by atoms with van der Waals surface area (Å²) in [7, 11) is 0. The molecule has 0 aliphatic carbocycles. The van der Waals surface area contributed by atoms with Crippen LogP contribution in [0.2, 0.25) is 0 Å². The molecular weight excluding hydrogens is 454 g/mol. The maximum absolute atomic E-state index is 13.1. The van der Waals surface area contributed by atoms with Gasteiger partial charge in [0.25, 0.3) is 5.91 Å². The summed E-state index contributed by atoms with van der Waals surface area (Å²) in [6.45, 7) is 4.86. The van der Waals surface area contributed by atoms with Crippen LogP contribution in [0.25, 0.3) is 0 Å². The number of carbonyl (C=O) groups excluding carboxylic acids is 2. The number of amides is 2. The van der Waals surface area contributed by atoms with E-state index >= 15 is 0 Å². The third kappa shape index (κ3) is 5.39. The van der Waals surface area contributed by atoms with E-state index in [0.717, 1.165) is 24.1 Å². The topological polar surface area (TPSA) is 87.7 Å². The largest absolute Gasteiger partial charge is 0.484 e. The van der Waals surface area contributed by atoms with Crippen molar-refractivity contribution in [2.75, 3.05) is 37.7 Å². The average Bonchev–Trinajstić information content (AvgIpc) is 2.88. The molecule has 3 heterocycles. The highest BCUT2D eigenvalue weighted by atomic mass is 16.5. The fraction of sp³-hybridized carbons (Fsp3) is 0.357. The molecule has 2 fully saturated rings. The molecule has 2 aliphatic heterocycles. The Morgan fingerprint density at radius 2 is 1.75 bits per heavy atom. The number of nitrogens with zero attached hydrogens (tertiary/aromatic N) is 4. The Labute approximate surface area is 211 Å². The third-order valence-corrected chi connectivity index (χ3v) is 6.99. The van der Waals surface area contributed by atoms with Crippen molar-refractivity contribution in [1.29, 1.82) is 0 Å². The number of hydrogen-bond donors (Lipinski definition) is 1. The van der Waals surface area contributed by atoms with Gasteiger partial charge in [0.15, 0.2) is 12.4 Å². The highest BCUT2D eigenvalue weighted by Gasteiger charge is 2.32. The van der Waals surface area contributed by atoms with Crippen molar-refractivity contribution in [2.24, 2.45) is 5.92 Å². The van der Waals surface area contributed by atoms with Crippen LogP contribution < -0.4 is 15.0 Å². The van der Waals surface area contributed by atoms with Gasteiger partial charge in [-0.05, 0) is 67.6 Å². The molecule has 2 aliphatic rings. The Morgan fingerprint density at radius 3 is 2.36 bits per heavy atom. The van der Waals surface area contributed by atoms with E-state index in [9.17, 15) is 9.59 Å². The standard InChI is InChI=1S/C28H31N5O3/c1-20-4-10-25(11-5-20)36-19-27(34)32-15-12-22(13-16-32)21-6-8-24(9-7-21)33(26-3-2-14-30-31-26)28(35)23-17-29-18-23/h2-11,14,22-23,29H,12-13,15-19H2,1H3. The lowest BCUT2D eigenvalue weighted by Crippen LogP contribution is -2.51. The number of nitrogens with one attached hydrogen (secondary N) is 1. The Balaban J connectivity index is 1.19. The van der Waals surface area contributed by atoms with Crippen LogP contribution in [0.1, 0.15) is 29.9 Å². The number of likely N-dealkylation sites (tertiary alicyclic amines) is 1. The van der Waals surface area contributed by atoms with Gasteiger partial charge in [-0.15, -0.1) is 5.10 Å². The molecule has 2 amide bonds. The second-order valence-electron chi connectivity index (χ2n) is 9.46. The van der Waals surface area contributed by atoms with Crippen molar-refractivity contribution < 1.29 is 14.3 Å². The van der Waals surface area contributed by atoms with E-state index in [2.05, 4.69) is 27.6 Å². The van der Waals surface area contributed by atoms with Crippen molar-refractivity contribution in [3.05, 3.63) is 78.0 Å². The molecule has 8 nitrogen and oxygen atoms in total. The fourth-order valence-electron chi connectivity index (χ4n) is 4.66. The van der Waals surface area contributed by atoms with Crippen molar-refractivity contribution >= 4 is 23.3 Å². The van der Waals surface area contributed by atoms with Crippen LogP contribution in [0.4, 0.5) is 11.5 Å². The van der Waals surface area contributed by atoms with Crippen molar-refractivity contribution in [1.82, 2.24) is 20.4 Å². The first-order valence-corrected chi connectivity index (χ1v) is 12.5. The van der Waals surface area contributed by atoms with Gasteiger partial charge >= 0.3 is 0 Å². The summed E-state index contributed by atoms with van der Waals surface area (Å²) in [6, 6.07) is 19.5. The zero-order valence-corrected chi connectivity index (χ0v) is 20.5. The molecule has 5 rings (SSSR count). The fourth-order valence-corrected chi connectivity index (χ4v) is 4.66. The Bertz CT molecular complexity index is 1170. The summed E-state index contributed by atoms with van der Waals surface area (Å²) < 4.78 is 5.67. The quantitative estimate of drug-likeness (QED) is 0.552. The molecule has 0 saturated carbocycles. The number of hydrogen-bond acceptors (Lipinski definition) is 6. The predicted octanol–water partition coefficient (Wildman–Crippen LogP) is 3.45. The molecule has 1 N–H and O–H groups in total. The van der Waals surface area contributed by atoms with Gasteiger partial charge in [-0.2, -0.15) is 5.10 Å². The molecule has 2 saturated heterocycles. The average molecular weight is 486 g/mol. The highest BCUT2D eigenvalue weighted by Crippen LogP contribution is 2.32. The van der Waals surface area contributed by atoms with E-state index < -0.39 is 0 Å². The molecule has 0 unspecified atom stereocenters. The normalized spacial score (nSPS) is 16.3. The molecule has 1 aromatic heterocycles. The predicted molar refractivity (Wildman–Crippen MR) is 137 cm³/mol. The zero-order chi connectivity index (χ0) is 24.9. The van der Waals surface area contributed by atoms with E-state index in [1.54, 1.807) is 23.2 Å². The second kappa shape index (κ2) is 10.9. The summed E-state index contributed by atoms with van der Waals surface area (Å²) in [5.74, 6) is 1.61. The lowest BCUT2D eigenvalue weighted by Gasteiger charge is -2.33. The Hall–Kier alpha value is -3.78. The summed E-state index contributed by atoms with van der Waals surface area (Å²) in [5.41, 5.74) is 3.17. The van der Waals surface area contributed by atoms with Crippen LogP contribution >= 0.6 is 0 Å². The van der Waals surface area contributed by atoms with E-state index in [0.29, 0.717) is 43.7 Å². The number of anilines is 2. The minimum atomic E-state index is -0.0523. The maximum atomic E-state index is 13.1. The van der Waals surface area contributed by atoms with Crippen molar-refractivity contribution in [3.63, 3.8) is 0 Å². The van der Waals surface area contributed by atoms with Crippen LogP contribution in [-0.2, 0) is 9.59 Å². The Kier molecular flexibility index (Phi) is 7.23. The smallest absolute Gasteiger partial charge is 0.260 e. The number of rotatable bonds is 7. The number of benzene rings is 2. The molecule has 2 aromatic carbocycles. The van der Waals surface area contributed by atoms with E-state index in [1.165, 1.54) is 5.56 Å². The molecular formula is C28H31N5O3. The highest BCUT2D eigenvalue weighted by molar-refractivity contribution is 6.01. The van der Waals surface area contributed by atoms with Gasteiger partial charge < -0.3 is 15.0 Å². The third-order valence-electron chi connectivity index (χ3n) is 6.99. The van der Waals surface area contributed by atoms with Gasteiger partial charge in [0.05, 0.1) is 11.6 Å². The van der Waals surface area contributed by atoms with E-state index in [1.807, 2.05) is 48.2 Å². The molecule has 0 bridgehead atoms. The van der Waals surface area contributed by atoms with Crippen LogP contribution in [0.3, 0.4) is 0 Å². The van der Waals surface area contributed by atoms with Gasteiger partial charge in [0.1, 0.15) is 5.75 Å². The number of carbonyl (C=O) groups is 2. The molecule has 8 heteroatoms. The van der Waals surface area contributed by atoms with Gasteiger partial charge in [0.2, 0.25) is 5.91 Å². The number of aryl methyl sites for hydroxylation is 1. The summed E-state index contributed by atoms with van der Waals surface area (Å²) in [6.07, 6.45) is 3.40. The zero-order valence-electron chi connectivity index (χ0n) is 20.5. The van der Waals surface area contributed by atoms with Gasteiger partial charge in [-0.1, -0.05) is 29.8 Å². The minimum absolute atomic E-state index is 0.0213. The monoisotopic (exact) mass is 485 g/mol. The van der Waals surface area contributed by atoms with Gasteiger partial charge in [-0.25, -0.2) is 0 Å². The molecule has 186 valence electrons. The number of ether oxygens (including phenoxy) is 1. The molecule has 3 aromatic rings. The lowest BCUT2D eigenvalue weighted by molar-refractivity contribution is -0.134. The first-order chi connectivity index (χ1) is 17.6. The lowest BCUT2D eigenvalue weighted by atomic mass is 9.89. The van der Waals surface area contributed by atoms with Crippen LogP contribution in [0.5, 0.6) is 5.75 Å². The summed E-state index contributed by atoms with van der Waals surface area (Å²) >= 11 is 0. The van der Waals surface area contributed by atoms with Gasteiger partial charge in [0, 0.05) is 32.4 Å². The van der Waals surface area contributed by atoms with Crippen LogP contribution in [0.15, 0.2) is 66.9 Å². The van der Waals surface area contributed by atoms with Crippen molar-refractivity contribution in [3.8, 4) is 5.75 Å². The van der Waals surface area contributed by atoms with E-state index in [-0.39, 0.29) is 24.3 Å². The number of piperidine rings is 1. The molecule has 0 atom stereocenters. The molecule has 36 heavy (non-hydrogen) atoms. The summed E-state index contributed by atoms with van der Waals surface area (Å²) in [4.78, 5) is 29.3. The van der Waals surface area contributed by atoms with Crippen LogP contribution in [0, 0.1) is 12.8 Å². The maximum Gasteiger partial charge on any atom is 0.260 e. The second-order valence-corrected chi connectivity index (χ2v) is 9.46. The molecule has 0 spiro atoms. The number of aromatic nitrogens is 2. The van der Waals surface area contributed by atoms with Crippen LogP contribution in [-0.4, -0.2) is 59.7 Å². The van der Waals surface area contributed by atoms with E-state index in [4.69, 9.17) is 4.74 Å². The first kappa shape index (κ1) is 23.9.